The third kappa shape index (κ3) is 2.81. The van der Waals surface area contributed by atoms with Gasteiger partial charge >= 0.3 is 0 Å². The third-order valence-corrected chi connectivity index (χ3v) is 6.80. The number of rotatable bonds is 3. The van der Waals surface area contributed by atoms with Gasteiger partial charge in [-0.2, -0.15) is 9.40 Å². The maximum atomic E-state index is 13.2. The van der Waals surface area contributed by atoms with Crippen molar-refractivity contribution in [1.82, 2.24) is 14.1 Å². The van der Waals surface area contributed by atoms with E-state index in [1.54, 1.807) is 15.9 Å². The molecule has 1 aliphatic rings. The summed E-state index contributed by atoms with van der Waals surface area (Å²) in [5, 5.41) is 4.48. The molecule has 1 aliphatic heterocycles. The van der Waals surface area contributed by atoms with E-state index in [-0.39, 0.29) is 6.04 Å². The number of aryl methyl sites for hydroxylation is 1. The Morgan fingerprint density at radius 1 is 1.13 bits per heavy atom. The maximum Gasteiger partial charge on any atom is 0.246 e. The van der Waals surface area contributed by atoms with E-state index in [1.165, 1.54) is 0 Å². The van der Waals surface area contributed by atoms with Gasteiger partial charge in [-0.05, 0) is 45.7 Å². The lowest BCUT2D eigenvalue weighted by Gasteiger charge is -2.32. The van der Waals surface area contributed by atoms with Crippen molar-refractivity contribution < 1.29 is 8.42 Å². The van der Waals surface area contributed by atoms with Gasteiger partial charge in [0.15, 0.2) is 0 Å². The number of sulfonamides is 1. The summed E-state index contributed by atoms with van der Waals surface area (Å²) in [5.74, 6) is 0. The van der Waals surface area contributed by atoms with Crippen LogP contribution in [0.3, 0.4) is 0 Å². The highest BCUT2D eigenvalue weighted by molar-refractivity contribution is 7.89. The van der Waals surface area contributed by atoms with Crippen LogP contribution in [0.1, 0.15) is 37.6 Å². The van der Waals surface area contributed by atoms with E-state index in [0.717, 1.165) is 24.9 Å². The smallest absolute Gasteiger partial charge is 0.236 e. The van der Waals surface area contributed by atoms with Gasteiger partial charge in [-0.3, -0.25) is 0 Å². The molecule has 1 fully saturated rings. The van der Waals surface area contributed by atoms with Crippen LogP contribution in [0.5, 0.6) is 0 Å². The van der Waals surface area contributed by atoms with Gasteiger partial charge in [0.1, 0.15) is 4.90 Å². The Kier molecular flexibility index (Phi) is 4.29. The van der Waals surface area contributed by atoms with Gasteiger partial charge in [-0.1, -0.05) is 24.6 Å². The lowest BCUT2D eigenvalue weighted by atomic mass is 10.1. The molecule has 0 N–H and O–H groups in total. The number of piperidine rings is 1. The fourth-order valence-corrected chi connectivity index (χ4v) is 5.43. The van der Waals surface area contributed by atoms with Gasteiger partial charge in [0, 0.05) is 12.6 Å². The zero-order chi connectivity index (χ0) is 16.6. The normalized spacial score (nSPS) is 19.9. The Bertz CT molecular complexity index is 797. The molecule has 0 aliphatic carbocycles. The summed E-state index contributed by atoms with van der Waals surface area (Å²) in [6.07, 6.45) is 2.94. The van der Waals surface area contributed by atoms with Crippen LogP contribution >= 0.6 is 0 Å². The molecular formula is C17H23N3O2S. The van der Waals surface area contributed by atoms with Crippen LogP contribution in [0.2, 0.25) is 0 Å². The summed E-state index contributed by atoms with van der Waals surface area (Å²) in [5.41, 5.74) is 2.11. The number of hydrogen-bond acceptors (Lipinski definition) is 3. The van der Waals surface area contributed by atoms with Crippen LogP contribution in [0.15, 0.2) is 35.2 Å². The van der Waals surface area contributed by atoms with Crippen LogP contribution < -0.4 is 0 Å². The lowest BCUT2D eigenvalue weighted by molar-refractivity contribution is 0.268. The molecule has 23 heavy (non-hydrogen) atoms. The third-order valence-electron chi connectivity index (χ3n) is 4.53. The molecule has 0 saturated carbocycles. The first-order valence-electron chi connectivity index (χ1n) is 8.06. The molecule has 0 amide bonds. The first kappa shape index (κ1) is 16.2. The fourth-order valence-electron chi connectivity index (χ4n) is 3.37. The minimum absolute atomic E-state index is 0.0487. The number of para-hydroxylation sites is 1. The molecule has 1 atom stereocenters. The molecule has 1 saturated heterocycles. The number of aromatic nitrogens is 2. The summed E-state index contributed by atoms with van der Waals surface area (Å²) in [6.45, 7) is 6.18. The van der Waals surface area contributed by atoms with Crippen molar-refractivity contribution in [2.75, 3.05) is 6.54 Å². The van der Waals surface area contributed by atoms with Crippen molar-refractivity contribution in [3.8, 4) is 5.69 Å². The van der Waals surface area contributed by atoms with E-state index >= 15 is 0 Å². The second kappa shape index (κ2) is 6.09. The molecule has 1 unspecified atom stereocenters. The standard InChI is InChI=1S/C17H23N3O2S/c1-13-9-7-8-12-19(13)23(21,22)17-14(2)18-20(15(17)3)16-10-5-4-6-11-16/h4-6,10-11,13H,7-9,12H2,1-3H3. The average molecular weight is 333 g/mol. The molecule has 124 valence electrons. The number of hydrogen-bond donors (Lipinski definition) is 0. The monoisotopic (exact) mass is 333 g/mol. The van der Waals surface area contributed by atoms with Gasteiger partial charge in [-0.25, -0.2) is 13.1 Å². The summed E-state index contributed by atoms with van der Waals surface area (Å²) in [6, 6.07) is 9.69. The van der Waals surface area contributed by atoms with Crippen LogP contribution in [0, 0.1) is 13.8 Å². The predicted molar refractivity (Wildman–Crippen MR) is 90.2 cm³/mol. The summed E-state index contributed by atoms with van der Waals surface area (Å²) in [4.78, 5) is 0.357. The molecule has 2 aromatic rings. The molecule has 6 heteroatoms. The number of nitrogens with zero attached hydrogens (tertiary/aromatic N) is 3. The Labute approximate surface area is 138 Å². The van der Waals surface area contributed by atoms with Gasteiger partial charge in [-0.15, -0.1) is 0 Å². The predicted octanol–water partition coefficient (Wildman–Crippen LogP) is 3.05. The van der Waals surface area contributed by atoms with Crippen molar-refractivity contribution >= 4 is 10.0 Å². The quantitative estimate of drug-likeness (QED) is 0.867. The molecule has 5 nitrogen and oxygen atoms in total. The van der Waals surface area contributed by atoms with Crippen molar-refractivity contribution in [3.05, 3.63) is 41.7 Å². The molecule has 1 aromatic carbocycles. The van der Waals surface area contributed by atoms with E-state index in [0.29, 0.717) is 22.8 Å². The molecule has 0 bridgehead atoms. The molecule has 3 rings (SSSR count). The molecule has 0 radical (unpaired) electrons. The van der Waals surface area contributed by atoms with Crippen molar-refractivity contribution in [3.63, 3.8) is 0 Å². The van der Waals surface area contributed by atoms with Crippen LogP contribution in [-0.2, 0) is 10.0 Å². The second-order valence-electron chi connectivity index (χ2n) is 6.21. The van der Waals surface area contributed by atoms with E-state index in [9.17, 15) is 8.42 Å². The Morgan fingerprint density at radius 2 is 1.83 bits per heavy atom. The number of benzene rings is 1. The summed E-state index contributed by atoms with van der Waals surface area (Å²) in [7, 11) is -3.51. The summed E-state index contributed by atoms with van der Waals surface area (Å²) < 4.78 is 29.7. The molecular weight excluding hydrogens is 310 g/mol. The second-order valence-corrected chi connectivity index (χ2v) is 8.04. The first-order chi connectivity index (χ1) is 10.9. The van der Waals surface area contributed by atoms with Crippen molar-refractivity contribution in [1.29, 1.82) is 0 Å². The zero-order valence-electron chi connectivity index (χ0n) is 13.9. The largest absolute Gasteiger partial charge is 0.246 e. The average Bonchev–Trinajstić information content (AvgIpc) is 2.84. The van der Waals surface area contributed by atoms with Gasteiger partial charge in [0.2, 0.25) is 10.0 Å². The first-order valence-corrected chi connectivity index (χ1v) is 9.50. The fraction of sp³-hybridized carbons (Fsp3) is 0.471. The van der Waals surface area contributed by atoms with Gasteiger partial charge < -0.3 is 0 Å². The zero-order valence-corrected chi connectivity index (χ0v) is 14.7. The van der Waals surface area contributed by atoms with Gasteiger partial charge in [0.05, 0.1) is 17.1 Å². The van der Waals surface area contributed by atoms with E-state index in [4.69, 9.17) is 0 Å². The Balaban J connectivity index is 2.08. The maximum absolute atomic E-state index is 13.2. The van der Waals surface area contributed by atoms with Gasteiger partial charge in [0.25, 0.3) is 0 Å². The van der Waals surface area contributed by atoms with E-state index < -0.39 is 10.0 Å². The highest BCUT2D eigenvalue weighted by atomic mass is 32.2. The topological polar surface area (TPSA) is 55.2 Å². The highest BCUT2D eigenvalue weighted by Gasteiger charge is 2.35. The van der Waals surface area contributed by atoms with Crippen molar-refractivity contribution in [2.24, 2.45) is 0 Å². The Hall–Kier alpha value is -1.66. The minimum atomic E-state index is -3.51. The van der Waals surface area contributed by atoms with E-state index in [2.05, 4.69) is 5.10 Å². The Morgan fingerprint density at radius 3 is 2.48 bits per heavy atom. The summed E-state index contributed by atoms with van der Waals surface area (Å²) >= 11 is 0. The van der Waals surface area contributed by atoms with Crippen molar-refractivity contribution in [2.45, 2.75) is 51.0 Å². The molecule has 2 heterocycles. The molecule has 0 spiro atoms. The lowest BCUT2D eigenvalue weighted by Crippen LogP contribution is -2.42. The molecule has 1 aromatic heterocycles. The minimum Gasteiger partial charge on any atom is -0.236 e. The highest BCUT2D eigenvalue weighted by Crippen LogP contribution is 2.29. The SMILES string of the molecule is Cc1nn(-c2ccccc2)c(C)c1S(=O)(=O)N1CCCCC1C. The van der Waals surface area contributed by atoms with Crippen LogP contribution in [0.4, 0.5) is 0 Å². The van der Waals surface area contributed by atoms with Crippen LogP contribution in [0.25, 0.3) is 5.69 Å². The van der Waals surface area contributed by atoms with Crippen LogP contribution in [-0.4, -0.2) is 35.1 Å². The van der Waals surface area contributed by atoms with E-state index in [1.807, 2.05) is 44.2 Å².